The number of nitrogens with zero attached hydrogens (tertiary/aromatic N) is 4. The van der Waals surface area contributed by atoms with Crippen molar-refractivity contribution >= 4 is 5.91 Å². The summed E-state index contributed by atoms with van der Waals surface area (Å²) in [6.07, 6.45) is 8.54. The molecule has 0 radical (unpaired) electrons. The second kappa shape index (κ2) is 7.87. The Morgan fingerprint density at radius 3 is 2.76 bits per heavy atom. The van der Waals surface area contributed by atoms with Crippen LogP contribution in [0.3, 0.4) is 0 Å². The molecular formula is C19H32N4O2. The van der Waals surface area contributed by atoms with Gasteiger partial charge >= 0.3 is 0 Å². The van der Waals surface area contributed by atoms with Crippen LogP contribution in [0, 0.1) is 5.41 Å². The van der Waals surface area contributed by atoms with Gasteiger partial charge in [0.1, 0.15) is 5.82 Å². The molecule has 3 heterocycles. The highest BCUT2D eigenvalue weighted by Gasteiger charge is 2.41. The maximum atomic E-state index is 12.1. The second-order valence-corrected chi connectivity index (χ2v) is 7.94. The fourth-order valence-electron chi connectivity index (χ4n) is 4.32. The molecule has 2 aliphatic heterocycles. The summed E-state index contributed by atoms with van der Waals surface area (Å²) in [5.74, 6) is 1.36. The average molecular weight is 348 g/mol. The molecule has 1 spiro atoms. The lowest BCUT2D eigenvalue weighted by Gasteiger charge is -2.47. The van der Waals surface area contributed by atoms with E-state index in [1.807, 2.05) is 11.1 Å². The molecule has 0 saturated carbocycles. The number of imidazole rings is 1. The van der Waals surface area contributed by atoms with E-state index in [9.17, 15) is 9.90 Å². The van der Waals surface area contributed by atoms with Crippen LogP contribution in [0.1, 0.15) is 51.8 Å². The minimum Gasteiger partial charge on any atom is -0.392 e. The number of aromatic nitrogens is 2. The molecule has 0 unspecified atom stereocenters. The summed E-state index contributed by atoms with van der Waals surface area (Å²) in [5.41, 5.74) is 0.248. The summed E-state index contributed by atoms with van der Waals surface area (Å²) < 4.78 is 2.26. The molecule has 1 N–H and O–H groups in total. The van der Waals surface area contributed by atoms with Crippen LogP contribution in [0.25, 0.3) is 0 Å². The van der Waals surface area contributed by atoms with Crippen LogP contribution in [0.15, 0.2) is 12.4 Å². The number of rotatable bonds is 6. The third kappa shape index (κ3) is 4.42. The SMILES string of the molecule is CCCn1ccnc1CN1CCC2(CCC(=O)N(C[C@H](C)O)C2)CC1. The molecule has 0 bridgehead atoms. The van der Waals surface area contributed by atoms with Gasteiger partial charge in [-0.05, 0) is 51.1 Å². The lowest BCUT2D eigenvalue weighted by molar-refractivity contribution is -0.140. The zero-order chi connectivity index (χ0) is 17.9. The third-order valence-corrected chi connectivity index (χ3v) is 5.78. The summed E-state index contributed by atoms with van der Waals surface area (Å²) in [4.78, 5) is 21.0. The van der Waals surface area contributed by atoms with Crippen molar-refractivity contribution in [2.24, 2.45) is 5.41 Å². The van der Waals surface area contributed by atoms with Gasteiger partial charge in [0.2, 0.25) is 5.91 Å². The Balaban J connectivity index is 1.55. The number of carbonyl (C=O) groups excluding carboxylic acids is 1. The Morgan fingerprint density at radius 1 is 1.32 bits per heavy atom. The standard InChI is InChI=1S/C19H32N4O2/c1-3-9-22-12-8-20-17(22)14-21-10-6-19(7-11-21)5-4-18(25)23(15-19)13-16(2)24/h8,12,16,24H,3-7,9-11,13-15H2,1-2H3/t16-/m0/s1. The second-order valence-electron chi connectivity index (χ2n) is 7.94. The van der Waals surface area contributed by atoms with Gasteiger partial charge in [0, 0.05) is 38.4 Å². The first kappa shape index (κ1) is 18.4. The molecule has 1 atom stereocenters. The summed E-state index contributed by atoms with van der Waals surface area (Å²) in [7, 11) is 0. The smallest absolute Gasteiger partial charge is 0.222 e. The molecule has 3 rings (SSSR count). The number of aliphatic hydroxyl groups is 1. The first-order chi connectivity index (χ1) is 12.0. The predicted molar refractivity (Wildman–Crippen MR) is 97.0 cm³/mol. The summed E-state index contributed by atoms with van der Waals surface area (Å²) in [6.45, 7) is 9.31. The zero-order valence-corrected chi connectivity index (χ0v) is 15.7. The van der Waals surface area contributed by atoms with E-state index >= 15 is 0 Å². The zero-order valence-electron chi connectivity index (χ0n) is 15.7. The lowest BCUT2D eigenvalue weighted by Crippen LogP contribution is -2.52. The Labute approximate surface area is 150 Å². The molecule has 2 fully saturated rings. The molecule has 6 nitrogen and oxygen atoms in total. The van der Waals surface area contributed by atoms with E-state index in [0.717, 1.165) is 64.2 Å². The highest BCUT2D eigenvalue weighted by Crippen LogP contribution is 2.40. The van der Waals surface area contributed by atoms with Crippen LogP contribution in [0.2, 0.25) is 0 Å². The van der Waals surface area contributed by atoms with Gasteiger partial charge in [-0.1, -0.05) is 6.92 Å². The fraction of sp³-hybridized carbons (Fsp3) is 0.789. The Bertz CT molecular complexity index is 576. The third-order valence-electron chi connectivity index (χ3n) is 5.78. The molecule has 2 saturated heterocycles. The van der Waals surface area contributed by atoms with Crippen LogP contribution in [0.5, 0.6) is 0 Å². The lowest BCUT2D eigenvalue weighted by atomic mass is 9.72. The van der Waals surface area contributed by atoms with Crippen LogP contribution in [-0.4, -0.2) is 62.6 Å². The largest absolute Gasteiger partial charge is 0.392 e. The molecule has 1 aromatic heterocycles. The summed E-state index contributed by atoms with van der Waals surface area (Å²) in [6, 6.07) is 0. The molecule has 140 valence electrons. The van der Waals surface area contributed by atoms with E-state index in [0.29, 0.717) is 13.0 Å². The molecule has 6 heteroatoms. The molecule has 2 aliphatic rings. The summed E-state index contributed by atoms with van der Waals surface area (Å²) in [5, 5.41) is 9.65. The number of carbonyl (C=O) groups is 1. The van der Waals surface area contributed by atoms with Gasteiger partial charge in [-0.2, -0.15) is 0 Å². The van der Waals surface area contributed by atoms with Crippen molar-refractivity contribution in [2.75, 3.05) is 26.2 Å². The van der Waals surface area contributed by atoms with E-state index in [1.165, 1.54) is 0 Å². The number of β-amino-alcohol motifs (C(OH)–C–C–N with tert-alkyl or cyclic N) is 1. The predicted octanol–water partition coefficient (Wildman–Crippen LogP) is 1.88. The van der Waals surface area contributed by atoms with Gasteiger partial charge in [0.15, 0.2) is 0 Å². The number of hydrogen-bond donors (Lipinski definition) is 1. The topological polar surface area (TPSA) is 61.6 Å². The van der Waals surface area contributed by atoms with Crippen LogP contribution < -0.4 is 0 Å². The highest BCUT2D eigenvalue weighted by atomic mass is 16.3. The van der Waals surface area contributed by atoms with Crippen molar-refractivity contribution < 1.29 is 9.90 Å². The minimum atomic E-state index is -0.448. The van der Waals surface area contributed by atoms with Crippen LogP contribution >= 0.6 is 0 Å². The van der Waals surface area contributed by atoms with Crippen molar-refractivity contribution in [1.82, 2.24) is 19.4 Å². The van der Waals surface area contributed by atoms with Gasteiger partial charge in [-0.15, -0.1) is 0 Å². The minimum absolute atomic E-state index is 0.204. The molecule has 1 aromatic rings. The van der Waals surface area contributed by atoms with Gasteiger partial charge in [0.05, 0.1) is 12.6 Å². The van der Waals surface area contributed by atoms with Gasteiger partial charge < -0.3 is 14.6 Å². The van der Waals surface area contributed by atoms with E-state index in [1.54, 1.807) is 6.92 Å². The number of hydrogen-bond acceptors (Lipinski definition) is 4. The van der Waals surface area contributed by atoms with Crippen molar-refractivity contribution in [3.05, 3.63) is 18.2 Å². The number of likely N-dealkylation sites (tertiary alicyclic amines) is 2. The van der Waals surface area contributed by atoms with E-state index < -0.39 is 6.10 Å². The van der Waals surface area contributed by atoms with E-state index in [4.69, 9.17) is 0 Å². The Hall–Kier alpha value is -1.40. The molecular weight excluding hydrogens is 316 g/mol. The number of aliphatic hydroxyl groups excluding tert-OH is 1. The maximum absolute atomic E-state index is 12.1. The molecule has 0 aliphatic carbocycles. The van der Waals surface area contributed by atoms with Crippen molar-refractivity contribution in [2.45, 2.75) is 65.1 Å². The molecule has 0 aromatic carbocycles. The Morgan fingerprint density at radius 2 is 2.08 bits per heavy atom. The number of aryl methyl sites for hydroxylation is 1. The van der Waals surface area contributed by atoms with Gasteiger partial charge in [0.25, 0.3) is 0 Å². The van der Waals surface area contributed by atoms with Crippen LogP contribution in [-0.2, 0) is 17.9 Å². The average Bonchev–Trinajstić information content (AvgIpc) is 3.00. The quantitative estimate of drug-likeness (QED) is 0.853. The van der Waals surface area contributed by atoms with Crippen molar-refractivity contribution in [1.29, 1.82) is 0 Å². The van der Waals surface area contributed by atoms with Gasteiger partial charge in [-0.3, -0.25) is 9.69 Å². The van der Waals surface area contributed by atoms with Crippen molar-refractivity contribution in [3.8, 4) is 0 Å². The summed E-state index contributed by atoms with van der Waals surface area (Å²) >= 11 is 0. The van der Waals surface area contributed by atoms with E-state index in [-0.39, 0.29) is 11.3 Å². The normalized spacial score (nSPS) is 22.5. The first-order valence-corrected chi connectivity index (χ1v) is 9.69. The fourth-order valence-corrected chi connectivity index (χ4v) is 4.32. The molecule has 25 heavy (non-hydrogen) atoms. The first-order valence-electron chi connectivity index (χ1n) is 9.69. The number of piperidine rings is 2. The number of amides is 1. The van der Waals surface area contributed by atoms with Crippen LogP contribution in [0.4, 0.5) is 0 Å². The monoisotopic (exact) mass is 348 g/mol. The maximum Gasteiger partial charge on any atom is 0.222 e. The van der Waals surface area contributed by atoms with Gasteiger partial charge in [-0.25, -0.2) is 4.98 Å². The van der Waals surface area contributed by atoms with E-state index in [2.05, 4.69) is 27.6 Å². The van der Waals surface area contributed by atoms with Crippen molar-refractivity contribution in [3.63, 3.8) is 0 Å². The Kier molecular flexibility index (Phi) is 5.79. The molecule has 1 amide bonds. The highest BCUT2D eigenvalue weighted by molar-refractivity contribution is 5.77.